The smallest absolute Gasteiger partial charge is 0.335 e. The summed E-state index contributed by atoms with van der Waals surface area (Å²) in [6.45, 7) is 14.0. The molecule has 0 atom stereocenters. The maximum absolute atomic E-state index is 11.1. The normalized spacial score (nSPS) is 17.5. The molecule has 1 N–H and O–H groups in total. The van der Waals surface area contributed by atoms with Crippen LogP contribution in [0.5, 0.6) is 0 Å². The number of aromatic carboxylic acids is 1. The van der Waals surface area contributed by atoms with E-state index in [1.54, 1.807) is 12.1 Å². The van der Waals surface area contributed by atoms with Crippen molar-refractivity contribution in [1.82, 2.24) is 0 Å². The molecular formula is C27H34O2. The van der Waals surface area contributed by atoms with Crippen molar-refractivity contribution in [2.75, 3.05) is 0 Å². The fourth-order valence-electron chi connectivity index (χ4n) is 4.37. The van der Waals surface area contributed by atoms with Crippen LogP contribution in [0.2, 0.25) is 0 Å². The van der Waals surface area contributed by atoms with E-state index in [4.69, 9.17) is 5.11 Å². The van der Waals surface area contributed by atoms with Crippen LogP contribution in [0.4, 0.5) is 0 Å². The first-order valence-electron chi connectivity index (χ1n) is 10.7. The van der Waals surface area contributed by atoms with Gasteiger partial charge in [0.25, 0.3) is 0 Å². The number of carbonyl (C=O) groups is 1. The molecule has 0 amide bonds. The van der Waals surface area contributed by atoms with Crippen LogP contribution >= 0.6 is 0 Å². The molecule has 0 heterocycles. The van der Waals surface area contributed by atoms with Gasteiger partial charge in [0.15, 0.2) is 0 Å². The Morgan fingerprint density at radius 2 is 1.52 bits per heavy atom. The van der Waals surface area contributed by atoms with Crippen LogP contribution in [0.3, 0.4) is 0 Å². The van der Waals surface area contributed by atoms with E-state index in [1.165, 1.54) is 35.1 Å². The highest BCUT2D eigenvalue weighted by Gasteiger charge is 2.37. The van der Waals surface area contributed by atoms with Crippen LogP contribution in [0.25, 0.3) is 12.2 Å². The second-order valence-electron chi connectivity index (χ2n) is 10.2. The van der Waals surface area contributed by atoms with Gasteiger partial charge in [0, 0.05) is 0 Å². The van der Waals surface area contributed by atoms with Gasteiger partial charge in [-0.25, -0.2) is 4.79 Å². The molecule has 29 heavy (non-hydrogen) atoms. The lowest BCUT2D eigenvalue weighted by atomic mass is 9.62. The molecule has 2 heteroatoms. The third-order valence-electron chi connectivity index (χ3n) is 6.35. The third kappa shape index (κ3) is 4.63. The maximum Gasteiger partial charge on any atom is 0.335 e. The lowest BCUT2D eigenvalue weighted by molar-refractivity contribution is 0.0697. The molecule has 0 aromatic heterocycles. The van der Waals surface area contributed by atoms with Crippen LogP contribution < -0.4 is 0 Å². The van der Waals surface area contributed by atoms with Crippen molar-refractivity contribution in [1.29, 1.82) is 0 Å². The minimum absolute atomic E-state index is 0.187. The van der Waals surface area contributed by atoms with Crippen LogP contribution in [0.15, 0.2) is 36.4 Å². The molecule has 0 aliphatic heterocycles. The molecule has 2 nitrogen and oxygen atoms in total. The summed E-state index contributed by atoms with van der Waals surface area (Å²) in [6, 6.07) is 11.9. The number of benzene rings is 2. The molecule has 0 saturated carbocycles. The van der Waals surface area contributed by atoms with Crippen molar-refractivity contribution in [2.24, 2.45) is 5.92 Å². The number of fused-ring (bicyclic) bond motifs is 1. The van der Waals surface area contributed by atoms with Crippen LogP contribution in [-0.4, -0.2) is 11.1 Å². The summed E-state index contributed by atoms with van der Waals surface area (Å²) in [5, 5.41) is 9.09. The van der Waals surface area contributed by atoms with E-state index in [-0.39, 0.29) is 10.8 Å². The van der Waals surface area contributed by atoms with Gasteiger partial charge < -0.3 is 5.11 Å². The SMILES string of the molecule is CC(C)Cc1cc2c(cc1C=Cc1ccc(C(=O)O)cc1)C(C)(C)CCC2(C)C. The lowest BCUT2D eigenvalue weighted by Crippen LogP contribution is -2.34. The van der Waals surface area contributed by atoms with Crippen LogP contribution in [0.1, 0.15) is 92.6 Å². The summed E-state index contributed by atoms with van der Waals surface area (Å²) in [4.78, 5) is 11.1. The molecule has 0 radical (unpaired) electrons. The summed E-state index contributed by atoms with van der Waals surface area (Å²) in [6.07, 6.45) is 7.78. The van der Waals surface area contributed by atoms with E-state index in [1.807, 2.05) is 12.1 Å². The second kappa shape index (κ2) is 7.82. The standard InChI is InChI=1S/C27H34O2/c1-18(2)15-22-17-24-23(26(3,4)13-14-27(24,5)6)16-21(22)12-9-19-7-10-20(11-8-19)25(28)29/h7-12,16-18H,13-15H2,1-6H3,(H,28,29). The summed E-state index contributed by atoms with van der Waals surface area (Å²) >= 11 is 0. The van der Waals surface area contributed by atoms with Gasteiger partial charge in [0.1, 0.15) is 0 Å². The van der Waals surface area contributed by atoms with Gasteiger partial charge in [0.2, 0.25) is 0 Å². The van der Waals surface area contributed by atoms with Gasteiger partial charge in [-0.2, -0.15) is 0 Å². The van der Waals surface area contributed by atoms with Gasteiger partial charge in [-0.1, -0.05) is 78.0 Å². The first-order chi connectivity index (χ1) is 13.5. The molecule has 0 fully saturated rings. The zero-order valence-corrected chi connectivity index (χ0v) is 18.7. The first-order valence-corrected chi connectivity index (χ1v) is 10.7. The van der Waals surface area contributed by atoms with Crippen molar-refractivity contribution >= 4 is 18.1 Å². The summed E-state index contributed by atoms with van der Waals surface area (Å²) in [7, 11) is 0. The van der Waals surface area contributed by atoms with E-state index in [2.05, 4.69) is 65.8 Å². The highest BCUT2D eigenvalue weighted by Crippen LogP contribution is 2.47. The van der Waals surface area contributed by atoms with Crippen molar-refractivity contribution < 1.29 is 9.90 Å². The van der Waals surface area contributed by atoms with E-state index in [9.17, 15) is 4.79 Å². The molecule has 0 bridgehead atoms. The van der Waals surface area contributed by atoms with E-state index in [0.717, 1.165) is 12.0 Å². The molecule has 154 valence electrons. The first kappa shape index (κ1) is 21.4. The van der Waals surface area contributed by atoms with E-state index >= 15 is 0 Å². The van der Waals surface area contributed by atoms with E-state index in [0.29, 0.717) is 11.5 Å². The largest absolute Gasteiger partial charge is 0.478 e. The Balaban J connectivity index is 2.06. The van der Waals surface area contributed by atoms with Crippen LogP contribution in [-0.2, 0) is 17.3 Å². The summed E-state index contributed by atoms with van der Waals surface area (Å²) in [5.74, 6) is -0.297. The molecular weight excluding hydrogens is 356 g/mol. The Morgan fingerprint density at radius 3 is 2.03 bits per heavy atom. The molecule has 2 aromatic carbocycles. The zero-order chi connectivity index (χ0) is 21.4. The van der Waals surface area contributed by atoms with Crippen molar-refractivity contribution in [3.05, 3.63) is 69.8 Å². The van der Waals surface area contributed by atoms with Gasteiger partial charge in [-0.05, 0) is 76.0 Å². The number of hydrogen-bond acceptors (Lipinski definition) is 1. The number of carboxylic acids is 1. The topological polar surface area (TPSA) is 37.3 Å². The Bertz CT molecular complexity index is 928. The van der Waals surface area contributed by atoms with Crippen LogP contribution in [0, 0.1) is 5.92 Å². The Morgan fingerprint density at radius 1 is 0.966 bits per heavy atom. The monoisotopic (exact) mass is 390 g/mol. The predicted octanol–water partition coefficient (Wildman–Crippen LogP) is 7.10. The molecule has 0 saturated heterocycles. The number of rotatable bonds is 5. The van der Waals surface area contributed by atoms with Gasteiger partial charge in [-0.3, -0.25) is 0 Å². The molecule has 0 spiro atoms. The molecule has 1 aliphatic carbocycles. The van der Waals surface area contributed by atoms with E-state index < -0.39 is 5.97 Å². The van der Waals surface area contributed by atoms with Gasteiger partial charge >= 0.3 is 5.97 Å². The maximum atomic E-state index is 11.1. The Labute approximate surface area is 175 Å². The van der Waals surface area contributed by atoms with Crippen molar-refractivity contribution in [3.8, 4) is 0 Å². The summed E-state index contributed by atoms with van der Waals surface area (Å²) in [5.41, 5.74) is 7.41. The zero-order valence-electron chi connectivity index (χ0n) is 18.7. The molecule has 0 unspecified atom stereocenters. The number of carboxylic acid groups (broad SMARTS) is 1. The lowest BCUT2D eigenvalue weighted by Gasteiger charge is -2.42. The fourth-order valence-corrected chi connectivity index (χ4v) is 4.37. The highest BCUT2D eigenvalue weighted by molar-refractivity contribution is 5.88. The average Bonchev–Trinajstić information content (AvgIpc) is 2.64. The molecule has 1 aliphatic rings. The van der Waals surface area contributed by atoms with Gasteiger partial charge in [-0.15, -0.1) is 0 Å². The number of hydrogen-bond donors (Lipinski definition) is 1. The second-order valence-corrected chi connectivity index (χ2v) is 10.2. The summed E-state index contributed by atoms with van der Waals surface area (Å²) < 4.78 is 0. The minimum Gasteiger partial charge on any atom is -0.478 e. The fraction of sp³-hybridized carbons (Fsp3) is 0.444. The minimum atomic E-state index is -0.890. The Hall–Kier alpha value is -2.35. The van der Waals surface area contributed by atoms with Crippen molar-refractivity contribution in [3.63, 3.8) is 0 Å². The molecule has 3 rings (SSSR count). The highest BCUT2D eigenvalue weighted by atomic mass is 16.4. The van der Waals surface area contributed by atoms with Crippen molar-refractivity contribution in [2.45, 2.75) is 71.6 Å². The average molecular weight is 391 g/mol. The Kier molecular flexibility index (Phi) is 5.76. The van der Waals surface area contributed by atoms with Gasteiger partial charge in [0.05, 0.1) is 5.56 Å². The molecule has 2 aromatic rings. The third-order valence-corrected chi connectivity index (χ3v) is 6.35. The quantitative estimate of drug-likeness (QED) is 0.553. The predicted molar refractivity (Wildman–Crippen MR) is 123 cm³/mol.